The molecule has 0 bridgehead atoms. The summed E-state index contributed by atoms with van der Waals surface area (Å²) in [6.07, 6.45) is 1.11. The highest BCUT2D eigenvalue weighted by Crippen LogP contribution is 2.37. The van der Waals surface area contributed by atoms with E-state index in [1.807, 2.05) is 18.2 Å². The number of ether oxygens (including phenoxy) is 2. The third-order valence-electron chi connectivity index (χ3n) is 3.94. The van der Waals surface area contributed by atoms with E-state index in [-0.39, 0.29) is 24.8 Å². The van der Waals surface area contributed by atoms with Gasteiger partial charge in [0.15, 0.2) is 11.5 Å². The Bertz CT molecular complexity index is 764. The van der Waals surface area contributed by atoms with Crippen LogP contribution in [0.3, 0.4) is 0 Å². The van der Waals surface area contributed by atoms with Gasteiger partial charge in [-0.05, 0) is 84.9 Å². The van der Waals surface area contributed by atoms with Crippen LogP contribution >= 0.6 is 63.9 Å². The predicted octanol–water partition coefficient (Wildman–Crippen LogP) is 6.23. The van der Waals surface area contributed by atoms with Crippen LogP contribution in [-0.4, -0.2) is 39.2 Å². The molecule has 2 aromatic rings. The van der Waals surface area contributed by atoms with Crippen LogP contribution in [-0.2, 0) is 13.2 Å². The molecule has 0 saturated carbocycles. The van der Waals surface area contributed by atoms with Crippen molar-refractivity contribution in [3.63, 3.8) is 0 Å². The fourth-order valence-electron chi connectivity index (χ4n) is 2.55. The average molecular weight is 549 g/mol. The molecule has 4 nitrogen and oxygen atoms in total. The maximum atomic E-state index is 6.06. The van der Waals surface area contributed by atoms with Crippen LogP contribution in [0.5, 0.6) is 11.5 Å². The molecule has 0 saturated heterocycles. The van der Waals surface area contributed by atoms with Crippen LogP contribution in [0.25, 0.3) is 0 Å². The molecule has 0 aliphatic heterocycles. The molecule has 0 aliphatic carbocycles. The Morgan fingerprint density at radius 1 is 1.03 bits per heavy atom. The van der Waals surface area contributed by atoms with Gasteiger partial charge in [-0.25, -0.2) is 0 Å². The zero-order chi connectivity index (χ0) is 19.8. The minimum atomic E-state index is 0. The Kier molecular flexibility index (Phi) is 14.4. The van der Waals surface area contributed by atoms with Gasteiger partial charge in [0.05, 0.1) is 21.6 Å². The molecule has 29 heavy (non-hydrogen) atoms. The normalized spacial score (nSPS) is 10.3. The fraction of sp³-hybridized carbons (Fsp3) is 0.400. The smallest absolute Gasteiger partial charge is 0.175 e. The van der Waals surface area contributed by atoms with Gasteiger partial charge in [0, 0.05) is 6.54 Å². The van der Waals surface area contributed by atoms with Crippen molar-refractivity contribution in [1.29, 1.82) is 0 Å². The van der Waals surface area contributed by atoms with E-state index in [2.05, 4.69) is 40.2 Å². The SMILES string of the molecule is COc1cc(CNCCCN(C)C)cc(Br)c1OCc1ccc(Cl)c(Cl)c1.Cl.Cl. The number of methoxy groups -OCH3 is 1. The molecule has 0 fully saturated rings. The van der Waals surface area contributed by atoms with Crippen molar-refractivity contribution < 1.29 is 9.47 Å². The van der Waals surface area contributed by atoms with E-state index >= 15 is 0 Å². The summed E-state index contributed by atoms with van der Waals surface area (Å²) in [7, 11) is 5.81. The van der Waals surface area contributed by atoms with Gasteiger partial charge in [-0.15, -0.1) is 24.8 Å². The first-order valence-electron chi connectivity index (χ1n) is 8.69. The van der Waals surface area contributed by atoms with Crippen molar-refractivity contribution in [3.8, 4) is 11.5 Å². The van der Waals surface area contributed by atoms with Crippen molar-refractivity contribution in [1.82, 2.24) is 10.2 Å². The molecular weight excluding hydrogens is 522 g/mol. The van der Waals surface area contributed by atoms with Gasteiger partial charge >= 0.3 is 0 Å². The number of halogens is 5. The van der Waals surface area contributed by atoms with E-state index in [9.17, 15) is 0 Å². The highest BCUT2D eigenvalue weighted by atomic mass is 79.9. The third-order valence-corrected chi connectivity index (χ3v) is 5.27. The lowest BCUT2D eigenvalue weighted by atomic mass is 10.2. The van der Waals surface area contributed by atoms with Crippen molar-refractivity contribution in [3.05, 3.63) is 56.0 Å². The molecule has 2 rings (SSSR count). The Morgan fingerprint density at radius 2 is 1.76 bits per heavy atom. The second-order valence-corrected chi connectivity index (χ2v) is 8.15. The van der Waals surface area contributed by atoms with E-state index < -0.39 is 0 Å². The summed E-state index contributed by atoms with van der Waals surface area (Å²) in [5, 5.41) is 4.50. The highest BCUT2D eigenvalue weighted by Gasteiger charge is 2.12. The molecular formula is C20H27BrCl4N2O2. The summed E-state index contributed by atoms with van der Waals surface area (Å²) in [6.45, 7) is 3.18. The van der Waals surface area contributed by atoms with Gasteiger partial charge in [-0.3, -0.25) is 0 Å². The molecule has 2 aromatic carbocycles. The minimum Gasteiger partial charge on any atom is -0.493 e. The van der Waals surface area contributed by atoms with Gasteiger partial charge in [0.2, 0.25) is 0 Å². The molecule has 0 aliphatic rings. The van der Waals surface area contributed by atoms with E-state index in [4.69, 9.17) is 32.7 Å². The summed E-state index contributed by atoms with van der Waals surface area (Å²) >= 11 is 15.6. The highest BCUT2D eigenvalue weighted by molar-refractivity contribution is 9.10. The molecule has 164 valence electrons. The van der Waals surface area contributed by atoms with Crippen molar-refractivity contribution in [2.24, 2.45) is 0 Å². The monoisotopic (exact) mass is 546 g/mol. The minimum absolute atomic E-state index is 0. The van der Waals surface area contributed by atoms with Crippen LogP contribution in [0, 0.1) is 0 Å². The van der Waals surface area contributed by atoms with Crippen molar-refractivity contribution in [2.75, 3.05) is 34.3 Å². The average Bonchev–Trinajstić information content (AvgIpc) is 2.62. The first-order valence-corrected chi connectivity index (χ1v) is 10.2. The molecule has 0 spiro atoms. The molecule has 1 N–H and O–H groups in total. The quantitative estimate of drug-likeness (QED) is 0.357. The number of rotatable bonds is 10. The van der Waals surface area contributed by atoms with Crippen LogP contribution < -0.4 is 14.8 Å². The first kappa shape index (κ1) is 28.6. The first-order chi connectivity index (χ1) is 12.9. The second kappa shape index (κ2) is 14.6. The molecule has 0 radical (unpaired) electrons. The topological polar surface area (TPSA) is 33.7 Å². The molecule has 9 heteroatoms. The summed E-state index contributed by atoms with van der Waals surface area (Å²) < 4.78 is 12.3. The van der Waals surface area contributed by atoms with Crippen LogP contribution in [0.4, 0.5) is 0 Å². The number of benzene rings is 2. The number of hydrogen-bond donors (Lipinski definition) is 1. The largest absolute Gasteiger partial charge is 0.493 e. The van der Waals surface area contributed by atoms with Gasteiger partial charge < -0.3 is 19.7 Å². The van der Waals surface area contributed by atoms with E-state index in [1.165, 1.54) is 0 Å². The molecule has 0 amide bonds. The lowest BCUT2D eigenvalue weighted by molar-refractivity contribution is 0.282. The molecule has 0 unspecified atom stereocenters. The van der Waals surface area contributed by atoms with Gasteiger partial charge in [0.25, 0.3) is 0 Å². The van der Waals surface area contributed by atoms with E-state index in [1.54, 1.807) is 19.2 Å². The number of hydrogen-bond acceptors (Lipinski definition) is 4. The lowest BCUT2D eigenvalue weighted by Gasteiger charge is -2.15. The van der Waals surface area contributed by atoms with Gasteiger partial charge in [-0.1, -0.05) is 29.3 Å². The van der Waals surface area contributed by atoms with Gasteiger partial charge in [-0.2, -0.15) is 0 Å². The summed E-state index contributed by atoms with van der Waals surface area (Å²) in [5.74, 6) is 1.36. The molecule has 0 aromatic heterocycles. The standard InChI is InChI=1S/C20H25BrCl2N2O2.2ClH/c1-25(2)8-4-7-24-12-15-9-16(21)20(19(11-15)26-3)27-13-14-5-6-17(22)18(23)10-14;;/h5-6,9-11,24H,4,7-8,12-13H2,1-3H3;2*1H. The number of nitrogens with one attached hydrogen (secondary N) is 1. The Labute approximate surface area is 204 Å². The van der Waals surface area contributed by atoms with E-state index in [0.717, 1.165) is 41.7 Å². The third kappa shape index (κ3) is 9.52. The lowest BCUT2D eigenvalue weighted by Crippen LogP contribution is -2.21. The van der Waals surface area contributed by atoms with Crippen LogP contribution in [0.15, 0.2) is 34.8 Å². The fourth-order valence-corrected chi connectivity index (χ4v) is 3.48. The Balaban J connectivity index is 0.00000392. The zero-order valence-corrected chi connectivity index (χ0v) is 21.4. The maximum Gasteiger partial charge on any atom is 0.175 e. The molecule has 0 heterocycles. The van der Waals surface area contributed by atoms with Crippen LogP contribution in [0.2, 0.25) is 10.0 Å². The Morgan fingerprint density at radius 3 is 2.38 bits per heavy atom. The maximum absolute atomic E-state index is 6.06. The second-order valence-electron chi connectivity index (χ2n) is 6.48. The van der Waals surface area contributed by atoms with Gasteiger partial charge in [0.1, 0.15) is 6.61 Å². The van der Waals surface area contributed by atoms with Crippen LogP contribution in [0.1, 0.15) is 17.5 Å². The summed E-state index contributed by atoms with van der Waals surface area (Å²) in [5.41, 5.74) is 2.07. The summed E-state index contributed by atoms with van der Waals surface area (Å²) in [4.78, 5) is 2.18. The predicted molar refractivity (Wildman–Crippen MR) is 131 cm³/mol. The van der Waals surface area contributed by atoms with Crippen molar-refractivity contribution >= 4 is 63.9 Å². The molecule has 0 atom stereocenters. The summed E-state index contributed by atoms with van der Waals surface area (Å²) in [6, 6.07) is 9.50. The number of nitrogens with zero attached hydrogens (tertiary/aromatic N) is 1. The van der Waals surface area contributed by atoms with E-state index in [0.29, 0.717) is 28.2 Å². The zero-order valence-electron chi connectivity index (χ0n) is 16.6. The Hall–Kier alpha value is -0.400. The van der Waals surface area contributed by atoms with Crippen molar-refractivity contribution in [2.45, 2.75) is 19.6 Å².